The fourth-order valence-electron chi connectivity index (χ4n) is 1.82. The van der Waals surface area contributed by atoms with Crippen LogP contribution in [-0.2, 0) is 20.1 Å². The Labute approximate surface area is 104 Å². The van der Waals surface area contributed by atoms with Crippen molar-refractivity contribution in [1.82, 2.24) is 15.1 Å². The van der Waals surface area contributed by atoms with Crippen molar-refractivity contribution in [1.29, 1.82) is 0 Å². The molecule has 0 unspecified atom stereocenters. The Morgan fingerprint density at radius 1 is 1.50 bits per heavy atom. The van der Waals surface area contributed by atoms with E-state index in [9.17, 15) is 4.79 Å². The number of carboxylic acids is 1. The van der Waals surface area contributed by atoms with Crippen molar-refractivity contribution >= 4 is 5.97 Å². The largest absolute Gasteiger partial charge is 0.475 e. The van der Waals surface area contributed by atoms with Crippen LogP contribution in [0.2, 0.25) is 0 Å². The van der Waals surface area contributed by atoms with Gasteiger partial charge in [-0.15, -0.1) is 0 Å². The van der Waals surface area contributed by atoms with Gasteiger partial charge in [-0.25, -0.2) is 4.79 Å². The SMILES string of the molecule is Cc1nn(C)cc1CNCc1ccoc1C(=O)O. The lowest BCUT2D eigenvalue weighted by molar-refractivity contribution is 0.0660. The maximum atomic E-state index is 10.8. The molecular weight excluding hydrogens is 234 g/mol. The van der Waals surface area contributed by atoms with Crippen LogP contribution in [0.5, 0.6) is 0 Å². The maximum Gasteiger partial charge on any atom is 0.372 e. The third-order valence-corrected chi connectivity index (χ3v) is 2.69. The van der Waals surface area contributed by atoms with Gasteiger partial charge < -0.3 is 14.8 Å². The number of carbonyl (C=O) groups is 1. The van der Waals surface area contributed by atoms with Gasteiger partial charge in [0.1, 0.15) is 0 Å². The first-order chi connectivity index (χ1) is 8.58. The maximum absolute atomic E-state index is 10.8. The molecule has 0 radical (unpaired) electrons. The van der Waals surface area contributed by atoms with Crippen molar-refractivity contribution in [3.63, 3.8) is 0 Å². The second-order valence-electron chi connectivity index (χ2n) is 4.10. The lowest BCUT2D eigenvalue weighted by Crippen LogP contribution is -2.14. The molecule has 0 bridgehead atoms. The average Bonchev–Trinajstić information content (AvgIpc) is 2.86. The molecule has 96 valence electrons. The Morgan fingerprint density at radius 3 is 2.83 bits per heavy atom. The number of aryl methyl sites for hydroxylation is 2. The van der Waals surface area contributed by atoms with Gasteiger partial charge in [-0.1, -0.05) is 0 Å². The zero-order chi connectivity index (χ0) is 13.1. The molecule has 0 saturated carbocycles. The number of hydrogen-bond acceptors (Lipinski definition) is 4. The Balaban J connectivity index is 1.94. The summed E-state index contributed by atoms with van der Waals surface area (Å²) in [5, 5.41) is 16.3. The topological polar surface area (TPSA) is 80.3 Å². The van der Waals surface area contributed by atoms with Gasteiger partial charge in [-0.05, 0) is 13.0 Å². The average molecular weight is 249 g/mol. The molecule has 0 aromatic carbocycles. The van der Waals surface area contributed by atoms with E-state index in [1.54, 1.807) is 10.7 Å². The number of nitrogens with zero attached hydrogens (tertiary/aromatic N) is 2. The lowest BCUT2D eigenvalue weighted by atomic mass is 10.2. The first-order valence-corrected chi connectivity index (χ1v) is 5.57. The summed E-state index contributed by atoms with van der Waals surface area (Å²) in [7, 11) is 1.87. The standard InChI is InChI=1S/C12H15N3O3/c1-8-10(7-15(2)14-8)6-13-5-9-3-4-18-11(9)12(16)17/h3-4,7,13H,5-6H2,1-2H3,(H,16,17). The molecule has 18 heavy (non-hydrogen) atoms. The molecule has 6 heteroatoms. The van der Waals surface area contributed by atoms with Gasteiger partial charge in [0.25, 0.3) is 0 Å². The van der Waals surface area contributed by atoms with E-state index in [2.05, 4.69) is 10.4 Å². The van der Waals surface area contributed by atoms with Crippen LogP contribution in [0.3, 0.4) is 0 Å². The van der Waals surface area contributed by atoms with Gasteiger partial charge in [0.2, 0.25) is 5.76 Å². The van der Waals surface area contributed by atoms with Gasteiger partial charge in [-0.2, -0.15) is 5.10 Å². The Morgan fingerprint density at radius 2 is 2.22 bits per heavy atom. The van der Waals surface area contributed by atoms with E-state index in [-0.39, 0.29) is 5.76 Å². The first-order valence-electron chi connectivity index (χ1n) is 5.57. The number of carboxylic acid groups (broad SMARTS) is 1. The summed E-state index contributed by atoms with van der Waals surface area (Å²) in [5.74, 6) is -1.06. The molecule has 2 rings (SSSR count). The number of rotatable bonds is 5. The normalized spacial score (nSPS) is 10.8. The summed E-state index contributed by atoms with van der Waals surface area (Å²) in [6.45, 7) is 3.04. The molecular formula is C12H15N3O3. The first kappa shape index (κ1) is 12.4. The van der Waals surface area contributed by atoms with Crippen molar-refractivity contribution in [2.75, 3.05) is 0 Å². The molecule has 0 saturated heterocycles. The van der Waals surface area contributed by atoms with E-state index in [1.165, 1.54) is 6.26 Å². The zero-order valence-corrected chi connectivity index (χ0v) is 10.3. The van der Waals surface area contributed by atoms with E-state index < -0.39 is 5.97 Å². The molecule has 0 aliphatic carbocycles. The minimum Gasteiger partial charge on any atom is -0.475 e. The van der Waals surface area contributed by atoms with Gasteiger partial charge in [0.05, 0.1) is 12.0 Å². The second kappa shape index (κ2) is 5.05. The lowest BCUT2D eigenvalue weighted by Gasteiger charge is -2.02. The van der Waals surface area contributed by atoms with Gasteiger partial charge >= 0.3 is 5.97 Å². The van der Waals surface area contributed by atoms with Crippen LogP contribution in [-0.4, -0.2) is 20.9 Å². The third-order valence-electron chi connectivity index (χ3n) is 2.69. The van der Waals surface area contributed by atoms with Crippen molar-refractivity contribution in [2.24, 2.45) is 7.05 Å². The summed E-state index contributed by atoms with van der Waals surface area (Å²) in [6.07, 6.45) is 3.32. The zero-order valence-electron chi connectivity index (χ0n) is 10.3. The highest BCUT2D eigenvalue weighted by Gasteiger charge is 2.13. The molecule has 2 aromatic rings. The van der Waals surface area contributed by atoms with E-state index >= 15 is 0 Å². The van der Waals surface area contributed by atoms with E-state index in [4.69, 9.17) is 9.52 Å². The van der Waals surface area contributed by atoms with Crippen LogP contribution in [0.1, 0.15) is 27.4 Å². The van der Waals surface area contributed by atoms with Gasteiger partial charge in [0.15, 0.2) is 0 Å². The fourth-order valence-corrected chi connectivity index (χ4v) is 1.82. The number of aromatic nitrogens is 2. The molecule has 0 amide bonds. The number of hydrogen-bond donors (Lipinski definition) is 2. The molecule has 0 spiro atoms. The molecule has 2 heterocycles. The number of furan rings is 1. The quantitative estimate of drug-likeness (QED) is 0.835. The third kappa shape index (κ3) is 2.60. The highest BCUT2D eigenvalue weighted by atomic mass is 16.4. The van der Waals surface area contributed by atoms with Crippen molar-refractivity contribution in [3.8, 4) is 0 Å². The second-order valence-corrected chi connectivity index (χ2v) is 4.10. The number of aromatic carboxylic acids is 1. The fraction of sp³-hybridized carbons (Fsp3) is 0.333. The van der Waals surface area contributed by atoms with E-state index in [0.717, 1.165) is 11.3 Å². The molecule has 0 aliphatic heterocycles. The summed E-state index contributed by atoms with van der Waals surface area (Å²) in [6, 6.07) is 1.66. The molecule has 2 N–H and O–H groups in total. The molecule has 6 nitrogen and oxygen atoms in total. The van der Waals surface area contributed by atoms with Gasteiger partial charge in [0, 0.05) is 37.5 Å². The van der Waals surface area contributed by atoms with Crippen LogP contribution < -0.4 is 5.32 Å². The van der Waals surface area contributed by atoms with E-state index in [0.29, 0.717) is 18.7 Å². The molecule has 0 atom stereocenters. The van der Waals surface area contributed by atoms with Crippen molar-refractivity contribution in [2.45, 2.75) is 20.0 Å². The van der Waals surface area contributed by atoms with Crippen molar-refractivity contribution < 1.29 is 14.3 Å². The Bertz CT molecular complexity index is 557. The summed E-state index contributed by atoms with van der Waals surface area (Å²) >= 11 is 0. The summed E-state index contributed by atoms with van der Waals surface area (Å²) in [4.78, 5) is 10.8. The molecule has 0 fully saturated rings. The van der Waals surface area contributed by atoms with Crippen LogP contribution in [0, 0.1) is 6.92 Å². The minimum absolute atomic E-state index is 0.00888. The van der Waals surface area contributed by atoms with Crippen molar-refractivity contribution in [3.05, 3.63) is 41.1 Å². The Kier molecular flexibility index (Phi) is 3.47. The predicted molar refractivity (Wildman–Crippen MR) is 64.2 cm³/mol. The smallest absolute Gasteiger partial charge is 0.372 e. The van der Waals surface area contributed by atoms with Crippen LogP contribution in [0.25, 0.3) is 0 Å². The Hall–Kier alpha value is -2.08. The summed E-state index contributed by atoms with van der Waals surface area (Å²) in [5.41, 5.74) is 2.71. The number of nitrogens with one attached hydrogen (secondary N) is 1. The van der Waals surface area contributed by atoms with Crippen LogP contribution in [0.15, 0.2) is 22.9 Å². The monoisotopic (exact) mass is 249 g/mol. The van der Waals surface area contributed by atoms with Crippen LogP contribution >= 0.6 is 0 Å². The van der Waals surface area contributed by atoms with Crippen LogP contribution in [0.4, 0.5) is 0 Å². The highest BCUT2D eigenvalue weighted by molar-refractivity contribution is 5.86. The predicted octanol–water partition coefficient (Wildman–Crippen LogP) is 1.31. The molecule has 0 aliphatic rings. The molecule has 2 aromatic heterocycles. The summed E-state index contributed by atoms with van der Waals surface area (Å²) < 4.78 is 6.66. The van der Waals surface area contributed by atoms with E-state index in [1.807, 2.05) is 20.2 Å². The minimum atomic E-state index is -1.05. The highest BCUT2D eigenvalue weighted by Crippen LogP contribution is 2.11. The van der Waals surface area contributed by atoms with Gasteiger partial charge in [-0.3, -0.25) is 4.68 Å².